The maximum Gasteiger partial charge on any atom is 0.262 e. The zero-order valence-corrected chi connectivity index (χ0v) is 20.9. The molecular weight excluding hydrogens is 452 g/mol. The smallest absolute Gasteiger partial charge is 0.262 e. The van der Waals surface area contributed by atoms with Crippen LogP contribution >= 0.6 is 0 Å². The Bertz CT molecular complexity index is 1280. The van der Waals surface area contributed by atoms with Crippen LogP contribution in [0.4, 0.5) is 5.69 Å². The van der Waals surface area contributed by atoms with E-state index in [1.54, 1.807) is 52.3 Å². The second kappa shape index (κ2) is 10.6. The molecule has 2 N–H and O–H groups in total. The molecule has 0 aliphatic heterocycles. The van der Waals surface area contributed by atoms with Crippen molar-refractivity contribution in [3.8, 4) is 11.5 Å². The number of methoxy groups -OCH3 is 2. The Hall–Kier alpha value is -3.52. The van der Waals surface area contributed by atoms with Crippen molar-refractivity contribution in [2.24, 2.45) is 0 Å². The lowest BCUT2D eigenvalue weighted by molar-refractivity contribution is 0.0955. The summed E-state index contributed by atoms with van der Waals surface area (Å²) >= 11 is 0. The maximum atomic E-state index is 13.2. The Morgan fingerprint density at radius 1 is 0.882 bits per heavy atom. The lowest BCUT2D eigenvalue weighted by Crippen LogP contribution is -2.27. The third kappa shape index (κ3) is 5.69. The van der Waals surface area contributed by atoms with Crippen LogP contribution in [0.3, 0.4) is 0 Å². The second-order valence-corrected chi connectivity index (χ2v) is 9.69. The molecule has 0 atom stereocenters. The molecule has 0 aliphatic rings. The minimum atomic E-state index is -3.88. The highest BCUT2D eigenvalue weighted by Crippen LogP contribution is 2.28. The summed E-state index contributed by atoms with van der Waals surface area (Å²) in [5.41, 5.74) is 3.75. The van der Waals surface area contributed by atoms with E-state index in [2.05, 4.69) is 10.0 Å². The SMILES string of the molecule is COc1ccc(CCNC(=O)c2ccccc2NS(=O)(=O)c2c(C)cc(C)cc2C)cc1OC. The Labute approximate surface area is 201 Å². The molecule has 0 saturated carbocycles. The molecule has 7 nitrogen and oxygen atoms in total. The highest BCUT2D eigenvalue weighted by Gasteiger charge is 2.22. The van der Waals surface area contributed by atoms with Crippen LogP contribution in [0.25, 0.3) is 0 Å². The van der Waals surface area contributed by atoms with E-state index < -0.39 is 10.0 Å². The number of benzene rings is 3. The van der Waals surface area contributed by atoms with Gasteiger partial charge in [0.05, 0.1) is 30.4 Å². The Morgan fingerprint density at radius 2 is 1.53 bits per heavy atom. The quantitative estimate of drug-likeness (QED) is 0.471. The summed E-state index contributed by atoms with van der Waals surface area (Å²) in [6.45, 7) is 5.82. The van der Waals surface area contributed by atoms with Gasteiger partial charge in [-0.2, -0.15) is 0 Å². The fraction of sp³-hybridized carbons (Fsp3) is 0.269. The summed E-state index contributed by atoms with van der Waals surface area (Å²) in [7, 11) is -0.736. The zero-order valence-electron chi connectivity index (χ0n) is 20.1. The number of amides is 1. The molecule has 0 radical (unpaired) electrons. The van der Waals surface area contributed by atoms with E-state index in [0.29, 0.717) is 35.6 Å². The normalized spacial score (nSPS) is 11.1. The van der Waals surface area contributed by atoms with Crippen molar-refractivity contribution in [3.05, 3.63) is 82.4 Å². The Morgan fingerprint density at radius 3 is 2.18 bits per heavy atom. The van der Waals surface area contributed by atoms with Crippen LogP contribution in [0.2, 0.25) is 0 Å². The predicted molar refractivity (Wildman–Crippen MR) is 133 cm³/mol. The summed E-state index contributed by atoms with van der Waals surface area (Å²) in [6.07, 6.45) is 0.571. The molecule has 0 aromatic heterocycles. The summed E-state index contributed by atoms with van der Waals surface area (Å²) in [4.78, 5) is 13.1. The van der Waals surface area contributed by atoms with Gasteiger partial charge >= 0.3 is 0 Å². The molecule has 0 spiro atoms. The van der Waals surface area contributed by atoms with E-state index in [-0.39, 0.29) is 22.1 Å². The van der Waals surface area contributed by atoms with Gasteiger partial charge in [0.1, 0.15) is 0 Å². The van der Waals surface area contributed by atoms with Gasteiger partial charge in [-0.05, 0) is 68.1 Å². The lowest BCUT2D eigenvalue weighted by atomic mass is 10.1. The molecule has 180 valence electrons. The van der Waals surface area contributed by atoms with Crippen LogP contribution < -0.4 is 19.5 Å². The molecule has 0 heterocycles. The fourth-order valence-corrected chi connectivity index (χ4v) is 5.54. The first-order valence-corrected chi connectivity index (χ1v) is 12.3. The largest absolute Gasteiger partial charge is 0.493 e. The molecule has 0 unspecified atom stereocenters. The van der Waals surface area contributed by atoms with E-state index in [1.807, 2.05) is 37.3 Å². The van der Waals surface area contributed by atoms with Gasteiger partial charge in [0.15, 0.2) is 11.5 Å². The van der Waals surface area contributed by atoms with Crippen LogP contribution in [-0.4, -0.2) is 35.1 Å². The number of carbonyl (C=O) groups is 1. The van der Waals surface area contributed by atoms with E-state index in [0.717, 1.165) is 11.1 Å². The van der Waals surface area contributed by atoms with Crippen LogP contribution in [0.15, 0.2) is 59.5 Å². The summed E-state index contributed by atoms with van der Waals surface area (Å²) in [5.74, 6) is 0.888. The molecule has 3 rings (SSSR count). The lowest BCUT2D eigenvalue weighted by Gasteiger charge is -2.16. The molecule has 0 saturated heterocycles. The van der Waals surface area contributed by atoms with Crippen molar-refractivity contribution < 1.29 is 22.7 Å². The second-order valence-electron chi connectivity index (χ2n) is 8.07. The number of sulfonamides is 1. The van der Waals surface area contributed by atoms with Gasteiger partial charge < -0.3 is 14.8 Å². The van der Waals surface area contributed by atoms with Gasteiger partial charge in [0, 0.05) is 6.54 Å². The van der Waals surface area contributed by atoms with Crippen molar-refractivity contribution >= 4 is 21.6 Å². The van der Waals surface area contributed by atoms with Crippen molar-refractivity contribution in [2.75, 3.05) is 25.5 Å². The highest BCUT2D eigenvalue weighted by atomic mass is 32.2. The van der Waals surface area contributed by atoms with E-state index >= 15 is 0 Å². The molecule has 0 aliphatic carbocycles. The van der Waals surface area contributed by atoms with Crippen molar-refractivity contribution in [3.63, 3.8) is 0 Å². The summed E-state index contributed by atoms with van der Waals surface area (Å²) in [6, 6.07) is 15.8. The van der Waals surface area contributed by atoms with Crippen LogP contribution in [0.1, 0.15) is 32.6 Å². The Balaban J connectivity index is 1.74. The molecule has 1 amide bonds. The average molecular weight is 483 g/mol. The number of hydrogen-bond acceptors (Lipinski definition) is 5. The monoisotopic (exact) mass is 482 g/mol. The van der Waals surface area contributed by atoms with E-state index in [1.165, 1.54) is 0 Å². The van der Waals surface area contributed by atoms with Crippen molar-refractivity contribution in [2.45, 2.75) is 32.1 Å². The molecule has 3 aromatic rings. The van der Waals surface area contributed by atoms with Gasteiger partial charge in [0.25, 0.3) is 15.9 Å². The van der Waals surface area contributed by atoms with Crippen molar-refractivity contribution in [1.29, 1.82) is 0 Å². The van der Waals surface area contributed by atoms with Gasteiger partial charge in [-0.15, -0.1) is 0 Å². The first kappa shape index (κ1) is 25.1. The van der Waals surface area contributed by atoms with Gasteiger partial charge in [-0.25, -0.2) is 8.42 Å². The van der Waals surface area contributed by atoms with Crippen LogP contribution in [-0.2, 0) is 16.4 Å². The number of ether oxygens (including phenoxy) is 2. The number of rotatable bonds is 9. The van der Waals surface area contributed by atoms with Gasteiger partial charge in [-0.1, -0.05) is 35.9 Å². The number of para-hydroxylation sites is 1. The standard InChI is InChI=1S/C26H30N2O5S/c1-17-14-18(2)25(19(3)15-17)34(30,31)28-22-9-7-6-8-21(22)26(29)27-13-12-20-10-11-23(32-4)24(16-20)33-5/h6-11,14-16,28H,12-13H2,1-5H3,(H,27,29). The minimum Gasteiger partial charge on any atom is -0.493 e. The number of anilines is 1. The topological polar surface area (TPSA) is 93.7 Å². The zero-order chi connectivity index (χ0) is 24.9. The van der Waals surface area contributed by atoms with Crippen LogP contribution in [0, 0.1) is 20.8 Å². The summed E-state index contributed by atoms with van der Waals surface area (Å²) < 4.78 is 39.5. The van der Waals surface area contributed by atoms with Gasteiger partial charge in [-0.3, -0.25) is 9.52 Å². The third-order valence-electron chi connectivity index (χ3n) is 5.44. The number of aryl methyl sites for hydroxylation is 3. The molecule has 0 bridgehead atoms. The maximum absolute atomic E-state index is 13.2. The predicted octanol–water partition coefficient (Wildman–Crippen LogP) is 4.40. The number of nitrogens with one attached hydrogen (secondary N) is 2. The first-order chi connectivity index (χ1) is 16.2. The fourth-order valence-electron chi connectivity index (χ4n) is 4.01. The number of hydrogen-bond donors (Lipinski definition) is 2. The summed E-state index contributed by atoms with van der Waals surface area (Å²) in [5, 5.41) is 2.86. The highest BCUT2D eigenvalue weighted by molar-refractivity contribution is 7.92. The van der Waals surface area contributed by atoms with Gasteiger partial charge in [0.2, 0.25) is 0 Å². The first-order valence-electron chi connectivity index (χ1n) is 10.8. The van der Waals surface area contributed by atoms with Crippen LogP contribution in [0.5, 0.6) is 11.5 Å². The molecule has 0 fully saturated rings. The van der Waals surface area contributed by atoms with Crippen molar-refractivity contribution in [1.82, 2.24) is 5.32 Å². The molecule has 3 aromatic carbocycles. The molecule has 8 heteroatoms. The van der Waals surface area contributed by atoms with E-state index in [4.69, 9.17) is 9.47 Å². The molecular formula is C26H30N2O5S. The number of carbonyl (C=O) groups excluding carboxylic acids is 1. The third-order valence-corrected chi connectivity index (χ3v) is 7.11. The average Bonchev–Trinajstić information content (AvgIpc) is 2.78. The minimum absolute atomic E-state index is 0.224. The Kier molecular flexibility index (Phi) is 7.83. The molecule has 34 heavy (non-hydrogen) atoms. The van der Waals surface area contributed by atoms with E-state index in [9.17, 15) is 13.2 Å².